The molecule has 2 N–H and O–H groups in total. The lowest BCUT2D eigenvalue weighted by atomic mass is 10.2. The van der Waals surface area contributed by atoms with Crippen molar-refractivity contribution in [2.24, 2.45) is 5.16 Å². The van der Waals surface area contributed by atoms with Gasteiger partial charge in [0, 0.05) is 11.3 Å². The summed E-state index contributed by atoms with van der Waals surface area (Å²) in [6, 6.07) is 8.76. The summed E-state index contributed by atoms with van der Waals surface area (Å²) < 4.78 is 24.3. The number of rotatable bonds is 6. The quantitative estimate of drug-likeness (QED) is 0.310. The zero-order chi connectivity index (χ0) is 17.5. The maximum absolute atomic E-state index is 12.8. The summed E-state index contributed by atoms with van der Waals surface area (Å²) in [7, 11) is 1.47. The predicted molar refractivity (Wildman–Crippen MR) is 95.6 cm³/mol. The molecule has 0 heterocycles. The summed E-state index contributed by atoms with van der Waals surface area (Å²) in [5, 5.41) is 14.2. The van der Waals surface area contributed by atoms with Gasteiger partial charge in [0.2, 0.25) is 0 Å². The van der Waals surface area contributed by atoms with Crippen molar-refractivity contribution < 1.29 is 23.9 Å². The van der Waals surface area contributed by atoms with Crippen molar-refractivity contribution >= 4 is 40.4 Å². The van der Waals surface area contributed by atoms with Crippen LogP contribution in [0.1, 0.15) is 5.56 Å². The Bertz CT molecular complexity index is 750. The normalized spacial score (nSPS) is 10.6. The number of hydrogen-bond acceptors (Lipinski definition) is 5. The molecule has 24 heavy (non-hydrogen) atoms. The minimum Gasteiger partial charge on any atom is -0.493 e. The van der Waals surface area contributed by atoms with Gasteiger partial charge in [-0.1, -0.05) is 5.16 Å². The highest BCUT2D eigenvalue weighted by molar-refractivity contribution is 14.1. The van der Waals surface area contributed by atoms with E-state index in [1.54, 1.807) is 12.1 Å². The largest absolute Gasteiger partial charge is 0.493 e. The second kappa shape index (κ2) is 8.48. The molecule has 0 aliphatic heterocycles. The smallest absolute Gasteiger partial charge is 0.262 e. The zero-order valence-corrected chi connectivity index (χ0v) is 14.8. The summed E-state index contributed by atoms with van der Waals surface area (Å²) in [4.78, 5) is 11.9. The molecular weight excluding hydrogens is 430 g/mol. The van der Waals surface area contributed by atoms with E-state index in [0.717, 1.165) is 0 Å². The fourth-order valence-electron chi connectivity index (χ4n) is 1.89. The maximum atomic E-state index is 12.8. The van der Waals surface area contributed by atoms with Crippen molar-refractivity contribution in [3.8, 4) is 11.5 Å². The van der Waals surface area contributed by atoms with Gasteiger partial charge in [-0.15, -0.1) is 0 Å². The van der Waals surface area contributed by atoms with Gasteiger partial charge in [-0.25, -0.2) is 4.39 Å². The lowest BCUT2D eigenvalue weighted by Gasteiger charge is -2.13. The molecule has 2 aromatic carbocycles. The van der Waals surface area contributed by atoms with Crippen LogP contribution in [0.25, 0.3) is 0 Å². The van der Waals surface area contributed by atoms with Crippen molar-refractivity contribution in [3.63, 3.8) is 0 Å². The van der Waals surface area contributed by atoms with E-state index in [2.05, 4.69) is 10.5 Å². The van der Waals surface area contributed by atoms with Crippen LogP contribution in [-0.4, -0.2) is 31.0 Å². The number of nitrogens with one attached hydrogen (secondary N) is 1. The van der Waals surface area contributed by atoms with Crippen molar-refractivity contribution in [2.75, 3.05) is 19.0 Å². The molecule has 0 aromatic heterocycles. The van der Waals surface area contributed by atoms with Crippen LogP contribution in [0.3, 0.4) is 0 Å². The van der Waals surface area contributed by atoms with Crippen molar-refractivity contribution in [1.82, 2.24) is 0 Å². The second-order valence-electron chi connectivity index (χ2n) is 4.62. The molecule has 0 unspecified atom stereocenters. The minimum atomic E-state index is -0.388. The van der Waals surface area contributed by atoms with Gasteiger partial charge in [0.05, 0.1) is 16.9 Å². The Balaban J connectivity index is 2.05. The van der Waals surface area contributed by atoms with Crippen molar-refractivity contribution in [2.45, 2.75) is 0 Å². The Labute approximate surface area is 151 Å². The number of methoxy groups -OCH3 is 1. The first-order chi connectivity index (χ1) is 11.5. The molecule has 0 atom stereocenters. The molecule has 0 saturated heterocycles. The average Bonchev–Trinajstić information content (AvgIpc) is 2.56. The first kappa shape index (κ1) is 18.0. The van der Waals surface area contributed by atoms with E-state index in [9.17, 15) is 9.18 Å². The van der Waals surface area contributed by atoms with Crippen LogP contribution in [0, 0.1) is 9.39 Å². The minimum absolute atomic E-state index is 0.239. The van der Waals surface area contributed by atoms with Crippen LogP contribution < -0.4 is 14.8 Å². The summed E-state index contributed by atoms with van der Waals surface area (Å²) in [5.74, 6) is 0.0457. The number of hydrogen-bond donors (Lipinski definition) is 2. The van der Waals surface area contributed by atoms with Gasteiger partial charge in [0.1, 0.15) is 5.82 Å². The number of halogens is 2. The van der Waals surface area contributed by atoms with E-state index in [4.69, 9.17) is 14.7 Å². The van der Waals surface area contributed by atoms with E-state index >= 15 is 0 Å². The summed E-state index contributed by atoms with van der Waals surface area (Å²) >= 11 is 2.03. The number of carbonyl (C=O) groups is 1. The fourth-order valence-corrected chi connectivity index (χ4v) is 2.67. The van der Waals surface area contributed by atoms with Crippen LogP contribution in [0.5, 0.6) is 11.5 Å². The van der Waals surface area contributed by atoms with Gasteiger partial charge < -0.3 is 20.0 Å². The zero-order valence-electron chi connectivity index (χ0n) is 12.6. The number of anilines is 1. The van der Waals surface area contributed by atoms with Crippen molar-refractivity contribution in [1.29, 1.82) is 0 Å². The fraction of sp³-hybridized carbons (Fsp3) is 0.125. The maximum Gasteiger partial charge on any atom is 0.262 e. The van der Waals surface area contributed by atoms with E-state index in [1.165, 1.54) is 37.6 Å². The highest BCUT2D eigenvalue weighted by atomic mass is 127. The molecule has 2 aromatic rings. The number of amides is 1. The Morgan fingerprint density at radius 3 is 2.71 bits per heavy atom. The summed E-state index contributed by atoms with van der Waals surface area (Å²) in [5.41, 5.74) is 1.10. The monoisotopic (exact) mass is 444 g/mol. The van der Waals surface area contributed by atoms with Gasteiger partial charge in [0.25, 0.3) is 5.91 Å². The molecule has 8 heteroatoms. The Morgan fingerprint density at radius 1 is 1.38 bits per heavy atom. The third-order valence-electron chi connectivity index (χ3n) is 2.93. The number of carbonyl (C=O) groups excluding carboxylic acids is 1. The molecule has 0 aliphatic carbocycles. The molecular formula is C16H14FIN2O4. The first-order valence-corrected chi connectivity index (χ1v) is 7.84. The van der Waals surface area contributed by atoms with Crippen LogP contribution >= 0.6 is 22.6 Å². The number of nitrogens with zero attached hydrogens (tertiary/aromatic N) is 1. The Kier molecular flexibility index (Phi) is 6.36. The van der Waals surface area contributed by atoms with Crippen LogP contribution in [0.4, 0.5) is 10.1 Å². The van der Waals surface area contributed by atoms with Crippen LogP contribution in [-0.2, 0) is 4.79 Å². The van der Waals surface area contributed by atoms with Gasteiger partial charge in [-0.2, -0.15) is 0 Å². The van der Waals surface area contributed by atoms with E-state index in [1.807, 2.05) is 22.6 Å². The molecule has 6 nitrogen and oxygen atoms in total. The molecule has 1 amide bonds. The van der Waals surface area contributed by atoms with E-state index in [0.29, 0.717) is 26.3 Å². The van der Waals surface area contributed by atoms with Gasteiger partial charge in [-0.3, -0.25) is 4.79 Å². The third-order valence-corrected chi connectivity index (χ3v) is 3.74. The molecule has 0 fully saturated rings. The number of oxime groups is 1. The summed E-state index contributed by atoms with van der Waals surface area (Å²) in [6.45, 7) is -0.239. The Morgan fingerprint density at radius 2 is 2.08 bits per heavy atom. The van der Waals surface area contributed by atoms with Crippen LogP contribution in [0.15, 0.2) is 41.6 Å². The Hall–Kier alpha value is -2.36. The van der Waals surface area contributed by atoms with E-state index in [-0.39, 0.29) is 18.3 Å². The molecule has 0 saturated carbocycles. The van der Waals surface area contributed by atoms with Crippen LogP contribution in [0.2, 0.25) is 0 Å². The number of ether oxygens (including phenoxy) is 2. The third kappa shape index (κ3) is 4.82. The van der Waals surface area contributed by atoms with Gasteiger partial charge in [-0.05, 0) is 59.0 Å². The topological polar surface area (TPSA) is 80.2 Å². The van der Waals surface area contributed by atoms with Gasteiger partial charge >= 0.3 is 0 Å². The lowest BCUT2D eigenvalue weighted by Crippen LogP contribution is -2.20. The number of benzene rings is 2. The molecule has 2 rings (SSSR count). The highest BCUT2D eigenvalue weighted by Gasteiger charge is 2.13. The SMILES string of the molecule is COc1cc(C=NO)cc(I)c1OCC(=O)Nc1ccc(F)cc1. The van der Waals surface area contributed by atoms with Gasteiger partial charge in [0.15, 0.2) is 18.1 Å². The first-order valence-electron chi connectivity index (χ1n) is 6.76. The van der Waals surface area contributed by atoms with Crippen molar-refractivity contribution in [3.05, 3.63) is 51.3 Å². The van der Waals surface area contributed by atoms with E-state index < -0.39 is 0 Å². The second-order valence-corrected chi connectivity index (χ2v) is 5.78. The molecule has 0 aliphatic rings. The molecule has 0 radical (unpaired) electrons. The molecule has 126 valence electrons. The highest BCUT2D eigenvalue weighted by Crippen LogP contribution is 2.33. The average molecular weight is 444 g/mol. The molecule has 0 spiro atoms. The standard InChI is InChI=1S/C16H14FIN2O4/c1-23-14-7-10(8-19-22)6-13(18)16(14)24-9-15(21)20-12-4-2-11(17)3-5-12/h2-8,22H,9H2,1H3,(H,20,21). The summed E-state index contributed by atoms with van der Waals surface area (Å²) in [6.07, 6.45) is 1.26. The lowest BCUT2D eigenvalue weighted by molar-refractivity contribution is -0.118. The predicted octanol–water partition coefficient (Wildman–Crippen LogP) is 3.26. The molecule has 0 bridgehead atoms.